The van der Waals surface area contributed by atoms with E-state index in [9.17, 15) is 4.39 Å². The van der Waals surface area contributed by atoms with Crippen molar-refractivity contribution in [1.82, 2.24) is 4.90 Å². The van der Waals surface area contributed by atoms with Crippen molar-refractivity contribution < 1.29 is 13.9 Å². The fourth-order valence-corrected chi connectivity index (χ4v) is 2.71. The van der Waals surface area contributed by atoms with Crippen molar-refractivity contribution in [3.8, 4) is 11.5 Å². The second-order valence-corrected chi connectivity index (χ2v) is 5.26. The lowest BCUT2D eigenvalue weighted by Gasteiger charge is -2.15. The van der Waals surface area contributed by atoms with Crippen molar-refractivity contribution >= 4 is 0 Å². The topological polar surface area (TPSA) is 21.7 Å². The van der Waals surface area contributed by atoms with Gasteiger partial charge in [-0.25, -0.2) is 0 Å². The van der Waals surface area contributed by atoms with Gasteiger partial charge in [0.05, 0.1) is 0 Å². The van der Waals surface area contributed by atoms with Crippen LogP contribution in [-0.4, -0.2) is 24.0 Å². The molecule has 3 rings (SSSR count). The molecule has 3 nitrogen and oxygen atoms in total. The van der Waals surface area contributed by atoms with Gasteiger partial charge in [0.25, 0.3) is 0 Å². The Balaban J connectivity index is 1.84. The third-order valence-electron chi connectivity index (χ3n) is 3.48. The van der Waals surface area contributed by atoms with Crippen LogP contribution in [-0.2, 0) is 6.54 Å². The lowest BCUT2D eigenvalue weighted by atomic mass is 10.1. The van der Waals surface area contributed by atoms with Gasteiger partial charge in [0, 0.05) is 13.5 Å². The molecule has 2 heterocycles. The third-order valence-corrected chi connectivity index (χ3v) is 3.48. The Morgan fingerprint density at radius 2 is 2.00 bits per heavy atom. The second kappa shape index (κ2) is 4.12. The van der Waals surface area contributed by atoms with Crippen LogP contribution in [0, 0.1) is 6.92 Å². The van der Waals surface area contributed by atoms with E-state index in [1.807, 2.05) is 13.0 Å². The van der Waals surface area contributed by atoms with Crippen LogP contribution >= 0.6 is 0 Å². The fraction of sp³-hybridized carbons (Fsp3) is 0.571. The molecule has 18 heavy (non-hydrogen) atoms. The lowest BCUT2D eigenvalue weighted by molar-refractivity contribution is -0.173. The number of hydrogen-bond acceptors (Lipinski definition) is 3. The summed E-state index contributed by atoms with van der Waals surface area (Å²) in [5, 5.41) is 0. The van der Waals surface area contributed by atoms with Gasteiger partial charge in [-0.1, -0.05) is 6.07 Å². The number of ether oxygens (including phenoxy) is 2. The number of fused-ring (bicyclic) bond motifs is 1. The van der Waals surface area contributed by atoms with Crippen molar-refractivity contribution in [2.75, 3.05) is 13.1 Å². The molecule has 1 unspecified atom stereocenters. The lowest BCUT2D eigenvalue weighted by Crippen LogP contribution is -2.28. The first-order valence-corrected chi connectivity index (χ1v) is 6.46. The standard InChI is InChI=1S/C14H18FNO2/c1-10-7-11(9-16-5-3-4-6-16)8-12-13(10)18-14(2,15)17-12/h7-8H,3-6,9H2,1-2H3. The molecule has 1 atom stereocenters. The summed E-state index contributed by atoms with van der Waals surface area (Å²) in [6, 6.07) is 1.92. The normalized spacial score (nSPS) is 26.8. The van der Waals surface area contributed by atoms with Gasteiger partial charge >= 0.3 is 6.04 Å². The Bertz CT molecular complexity index is 467. The van der Waals surface area contributed by atoms with Crippen LogP contribution in [0.25, 0.3) is 0 Å². The molecule has 0 bridgehead atoms. The summed E-state index contributed by atoms with van der Waals surface area (Å²) >= 11 is 0. The van der Waals surface area contributed by atoms with Crippen LogP contribution in [0.3, 0.4) is 0 Å². The predicted octanol–water partition coefficient (Wildman–Crippen LogP) is 3.01. The van der Waals surface area contributed by atoms with Crippen LogP contribution in [0.4, 0.5) is 4.39 Å². The minimum atomic E-state index is -2.03. The Morgan fingerprint density at radius 3 is 2.72 bits per heavy atom. The van der Waals surface area contributed by atoms with Gasteiger partial charge < -0.3 is 9.47 Å². The Morgan fingerprint density at radius 1 is 1.28 bits per heavy atom. The molecule has 2 aliphatic rings. The van der Waals surface area contributed by atoms with E-state index in [2.05, 4.69) is 11.0 Å². The van der Waals surface area contributed by atoms with Gasteiger partial charge in [-0.15, -0.1) is 0 Å². The molecule has 0 saturated carbocycles. The van der Waals surface area contributed by atoms with E-state index in [1.54, 1.807) is 0 Å². The zero-order valence-corrected chi connectivity index (χ0v) is 10.8. The smallest absolute Gasteiger partial charge is 0.404 e. The van der Waals surface area contributed by atoms with Crippen molar-refractivity contribution in [3.63, 3.8) is 0 Å². The maximum absolute atomic E-state index is 13.7. The summed E-state index contributed by atoms with van der Waals surface area (Å²) in [7, 11) is 0. The monoisotopic (exact) mass is 251 g/mol. The van der Waals surface area contributed by atoms with Crippen LogP contribution in [0.2, 0.25) is 0 Å². The van der Waals surface area contributed by atoms with Crippen molar-refractivity contribution in [2.45, 2.75) is 39.3 Å². The maximum atomic E-state index is 13.7. The highest BCUT2D eigenvalue weighted by Gasteiger charge is 2.38. The molecule has 4 heteroatoms. The number of hydrogen-bond donors (Lipinski definition) is 0. The number of benzene rings is 1. The van der Waals surface area contributed by atoms with E-state index in [0.29, 0.717) is 11.5 Å². The van der Waals surface area contributed by atoms with Gasteiger partial charge in [0.1, 0.15) is 0 Å². The van der Waals surface area contributed by atoms with E-state index in [4.69, 9.17) is 9.47 Å². The van der Waals surface area contributed by atoms with Crippen LogP contribution in [0.15, 0.2) is 12.1 Å². The first-order chi connectivity index (χ1) is 8.53. The van der Waals surface area contributed by atoms with Gasteiger partial charge in [-0.2, -0.15) is 4.39 Å². The summed E-state index contributed by atoms with van der Waals surface area (Å²) in [6.45, 7) is 6.41. The SMILES string of the molecule is Cc1cc(CN2CCCC2)cc2c1OC(C)(F)O2. The number of halogens is 1. The molecule has 1 saturated heterocycles. The van der Waals surface area contributed by atoms with Crippen molar-refractivity contribution in [3.05, 3.63) is 23.3 Å². The molecule has 0 radical (unpaired) electrons. The molecule has 98 valence electrons. The van der Waals surface area contributed by atoms with E-state index in [0.717, 1.165) is 30.8 Å². The largest absolute Gasteiger partial charge is 0.423 e. The quantitative estimate of drug-likeness (QED) is 0.806. The van der Waals surface area contributed by atoms with Gasteiger partial charge in [0.15, 0.2) is 11.5 Å². The summed E-state index contributed by atoms with van der Waals surface area (Å²) in [6.07, 6.45) is 2.54. The highest BCUT2D eigenvalue weighted by atomic mass is 19.2. The summed E-state index contributed by atoms with van der Waals surface area (Å²) in [4.78, 5) is 2.41. The molecule has 2 aliphatic heterocycles. The zero-order valence-electron chi connectivity index (χ0n) is 10.8. The number of aryl methyl sites for hydroxylation is 1. The maximum Gasteiger partial charge on any atom is 0.404 e. The molecule has 1 aromatic rings. The van der Waals surface area contributed by atoms with E-state index >= 15 is 0 Å². The van der Waals surface area contributed by atoms with E-state index in [-0.39, 0.29) is 0 Å². The molecular weight excluding hydrogens is 233 g/mol. The Labute approximate surface area is 106 Å². The third kappa shape index (κ3) is 2.17. The van der Waals surface area contributed by atoms with Crippen LogP contribution in [0.5, 0.6) is 11.5 Å². The second-order valence-electron chi connectivity index (χ2n) is 5.26. The highest BCUT2D eigenvalue weighted by molar-refractivity contribution is 5.51. The van der Waals surface area contributed by atoms with Crippen LogP contribution in [0.1, 0.15) is 30.9 Å². The number of alkyl halides is 1. The highest BCUT2D eigenvalue weighted by Crippen LogP contribution is 2.43. The molecule has 0 aromatic heterocycles. The average molecular weight is 251 g/mol. The number of rotatable bonds is 2. The van der Waals surface area contributed by atoms with Gasteiger partial charge in [-0.05, 0) is 50.0 Å². The van der Waals surface area contributed by atoms with Gasteiger partial charge in [0.2, 0.25) is 0 Å². The average Bonchev–Trinajstić information content (AvgIpc) is 2.85. The zero-order chi connectivity index (χ0) is 12.8. The summed E-state index contributed by atoms with van der Waals surface area (Å²) in [5.74, 6) is 1.05. The first kappa shape index (κ1) is 11.8. The first-order valence-electron chi connectivity index (χ1n) is 6.46. The summed E-state index contributed by atoms with van der Waals surface area (Å²) in [5.41, 5.74) is 2.09. The van der Waals surface area contributed by atoms with Crippen molar-refractivity contribution in [1.29, 1.82) is 0 Å². The van der Waals surface area contributed by atoms with E-state index in [1.165, 1.54) is 19.8 Å². The number of nitrogens with zero attached hydrogens (tertiary/aromatic N) is 1. The molecule has 0 spiro atoms. The Hall–Kier alpha value is -1.29. The van der Waals surface area contributed by atoms with Crippen LogP contribution < -0.4 is 9.47 Å². The molecule has 1 aromatic carbocycles. The van der Waals surface area contributed by atoms with Crippen molar-refractivity contribution in [2.24, 2.45) is 0 Å². The molecule has 1 fully saturated rings. The predicted molar refractivity (Wildman–Crippen MR) is 66.5 cm³/mol. The fourth-order valence-electron chi connectivity index (χ4n) is 2.71. The summed E-state index contributed by atoms with van der Waals surface area (Å²) < 4.78 is 24.0. The number of likely N-dealkylation sites (tertiary alicyclic amines) is 1. The molecule has 0 N–H and O–H groups in total. The molecule has 0 amide bonds. The Kier molecular flexibility index (Phi) is 2.70. The minimum Gasteiger partial charge on any atom is -0.423 e. The van der Waals surface area contributed by atoms with Gasteiger partial charge in [-0.3, -0.25) is 4.90 Å². The molecular formula is C14H18FNO2. The molecule has 0 aliphatic carbocycles. The minimum absolute atomic E-state index is 0.522. The van der Waals surface area contributed by atoms with E-state index < -0.39 is 6.04 Å².